The Morgan fingerprint density at radius 3 is 2.71 bits per heavy atom. The summed E-state index contributed by atoms with van der Waals surface area (Å²) in [6, 6.07) is 4.66. The number of carbonyl (C=O) groups is 1. The van der Waals surface area contributed by atoms with Crippen LogP contribution in [0.2, 0.25) is 5.02 Å². The Hall–Kier alpha value is -1.13. The summed E-state index contributed by atoms with van der Waals surface area (Å²) in [6.07, 6.45) is 1.91. The number of aliphatic carboxylic acids is 1. The first kappa shape index (κ1) is 17.9. The zero-order chi connectivity index (χ0) is 15.8. The molecule has 3 nitrogen and oxygen atoms in total. The van der Waals surface area contributed by atoms with Crippen LogP contribution in [0.5, 0.6) is 0 Å². The molecule has 0 radical (unpaired) electrons. The van der Waals surface area contributed by atoms with E-state index in [0.29, 0.717) is 48.9 Å². The lowest BCUT2D eigenvalue weighted by Gasteiger charge is -2.15. The van der Waals surface area contributed by atoms with Crippen LogP contribution in [-0.4, -0.2) is 24.2 Å². The first-order valence-electron chi connectivity index (χ1n) is 7.28. The Bertz CT molecular complexity index is 445. The zero-order valence-corrected chi connectivity index (χ0v) is 13.3. The largest absolute Gasteiger partial charge is 0.481 e. The topological polar surface area (TPSA) is 49.3 Å². The molecule has 1 unspecified atom stereocenters. The number of hydrogen-bond donors (Lipinski definition) is 2. The fourth-order valence-corrected chi connectivity index (χ4v) is 2.54. The number of hydrogen-bond acceptors (Lipinski definition) is 2. The smallest absolute Gasteiger partial charge is 0.307 e. The fraction of sp³-hybridized carbons (Fsp3) is 0.562. The number of rotatable bonds is 9. The molecule has 1 rings (SSSR count). The van der Waals surface area contributed by atoms with E-state index in [4.69, 9.17) is 16.7 Å². The van der Waals surface area contributed by atoms with Gasteiger partial charge >= 0.3 is 5.97 Å². The molecule has 0 aliphatic rings. The molecular formula is C16H23ClFNO2. The Morgan fingerprint density at radius 2 is 2.14 bits per heavy atom. The minimum absolute atomic E-state index is 0.286. The van der Waals surface area contributed by atoms with Gasteiger partial charge in [0.15, 0.2) is 0 Å². The van der Waals surface area contributed by atoms with E-state index in [9.17, 15) is 9.18 Å². The van der Waals surface area contributed by atoms with Crippen LogP contribution in [0, 0.1) is 17.7 Å². The zero-order valence-electron chi connectivity index (χ0n) is 12.5. The van der Waals surface area contributed by atoms with Crippen molar-refractivity contribution < 1.29 is 14.3 Å². The van der Waals surface area contributed by atoms with Crippen molar-refractivity contribution in [2.45, 2.75) is 33.1 Å². The van der Waals surface area contributed by atoms with Crippen LogP contribution in [-0.2, 0) is 11.2 Å². The molecule has 0 saturated heterocycles. The number of carboxylic acid groups (broad SMARTS) is 1. The lowest BCUT2D eigenvalue weighted by molar-refractivity contribution is -0.142. The molecule has 118 valence electrons. The van der Waals surface area contributed by atoms with E-state index >= 15 is 0 Å². The molecule has 0 aliphatic heterocycles. The van der Waals surface area contributed by atoms with Gasteiger partial charge in [-0.3, -0.25) is 4.79 Å². The maximum absolute atomic E-state index is 13.6. The second-order valence-electron chi connectivity index (χ2n) is 5.67. The average Bonchev–Trinajstić information content (AvgIpc) is 2.39. The van der Waals surface area contributed by atoms with E-state index in [2.05, 4.69) is 5.32 Å². The lowest BCUT2D eigenvalue weighted by atomic mass is 9.97. The van der Waals surface area contributed by atoms with Gasteiger partial charge in [0.2, 0.25) is 0 Å². The maximum Gasteiger partial charge on any atom is 0.307 e. The van der Waals surface area contributed by atoms with Crippen LogP contribution in [0.25, 0.3) is 0 Å². The molecule has 2 N–H and O–H groups in total. The first-order valence-corrected chi connectivity index (χ1v) is 7.66. The highest BCUT2D eigenvalue weighted by Gasteiger charge is 2.18. The molecule has 5 heteroatoms. The highest BCUT2D eigenvalue weighted by molar-refractivity contribution is 6.31. The SMILES string of the molecule is CC(C)CC(CNCCCc1c(F)cccc1Cl)C(=O)O. The minimum Gasteiger partial charge on any atom is -0.481 e. The summed E-state index contributed by atoms with van der Waals surface area (Å²) in [4.78, 5) is 11.1. The lowest BCUT2D eigenvalue weighted by Crippen LogP contribution is -2.30. The monoisotopic (exact) mass is 315 g/mol. The van der Waals surface area contributed by atoms with E-state index in [0.717, 1.165) is 0 Å². The van der Waals surface area contributed by atoms with E-state index in [-0.39, 0.29) is 11.7 Å². The molecule has 0 heterocycles. The van der Waals surface area contributed by atoms with E-state index in [1.165, 1.54) is 6.07 Å². The number of carboxylic acids is 1. The quantitative estimate of drug-likeness (QED) is 0.682. The molecule has 1 atom stereocenters. The summed E-state index contributed by atoms with van der Waals surface area (Å²) < 4.78 is 13.6. The Kier molecular flexibility index (Phi) is 7.68. The van der Waals surface area contributed by atoms with Gasteiger partial charge in [0.1, 0.15) is 5.82 Å². The number of nitrogens with one attached hydrogen (secondary N) is 1. The van der Waals surface area contributed by atoms with Crippen molar-refractivity contribution in [1.82, 2.24) is 5.32 Å². The van der Waals surface area contributed by atoms with Crippen LogP contribution in [0.3, 0.4) is 0 Å². The molecule has 0 aromatic heterocycles. The molecule has 0 amide bonds. The van der Waals surface area contributed by atoms with Gasteiger partial charge in [-0.1, -0.05) is 31.5 Å². The molecule has 1 aromatic rings. The number of benzene rings is 1. The molecular weight excluding hydrogens is 293 g/mol. The summed E-state index contributed by atoms with van der Waals surface area (Å²) in [5, 5.41) is 12.7. The molecule has 0 fully saturated rings. The van der Waals surface area contributed by atoms with Crippen molar-refractivity contribution in [2.75, 3.05) is 13.1 Å². The van der Waals surface area contributed by atoms with Crippen LogP contribution in [0.15, 0.2) is 18.2 Å². The third-order valence-corrected chi connectivity index (χ3v) is 3.69. The summed E-state index contributed by atoms with van der Waals surface area (Å²) >= 11 is 5.95. The summed E-state index contributed by atoms with van der Waals surface area (Å²) in [6.45, 7) is 5.11. The molecule has 21 heavy (non-hydrogen) atoms. The van der Waals surface area contributed by atoms with Gasteiger partial charge in [0.25, 0.3) is 0 Å². The van der Waals surface area contributed by atoms with Crippen LogP contribution in [0.4, 0.5) is 4.39 Å². The van der Waals surface area contributed by atoms with Crippen molar-refractivity contribution >= 4 is 17.6 Å². The van der Waals surface area contributed by atoms with Crippen molar-refractivity contribution in [3.8, 4) is 0 Å². The average molecular weight is 316 g/mol. The predicted octanol–water partition coefficient (Wildman–Crippen LogP) is 3.75. The van der Waals surface area contributed by atoms with Gasteiger partial charge in [-0.25, -0.2) is 4.39 Å². The van der Waals surface area contributed by atoms with E-state index in [1.54, 1.807) is 12.1 Å². The van der Waals surface area contributed by atoms with Crippen LogP contribution < -0.4 is 5.32 Å². The van der Waals surface area contributed by atoms with Crippen molar-refractivity contribution in [2.24, 2.45) is 11.8 Å². The Labute approximate surface area is 130 Å². The summed E-state index contributed by atoms with van der Waals surface area (Å²) in [5.74, 6) is -1.08. The highest BCUT2D eigenvalue weighted by atomic mass is 35.5. The minimum atomic E-state index is -0.770. The number of halogens is 2. The predicted molar refractivity (Wildman–Crippen MR) is 83.2 cm³/mol. The van der Waals surface area contributed by atoms with Crippen molar-refractivity contribution in [3.63, 3.8) is 0 Å². The summed E-state index contributed by atoms with van der Waals surface area (Å²) in [5.41, 5.74) is 0.526. The van der Waals surface area contributed by atoms with Gasteiger partial charge in [0, 0.05) is 17.1 Å². The van der Waals surface area contributed by atoms with E-state index in [1.807, 2.05) is 13.8 Å². The van der Waals surface area contributed by atoms with Gasteiger partial charge in [0.05, 0.1) is 5.92 Å². The second kappa shape index (κ2) is 9.00. The van der Waals surface area contributed by atoms with Gasteiger partial charge < -0.3 is 10.4 Å². The molecule has 0 saturated carbocycles. The first-order chi connectivity index (χ1) is 9.91. The fourth-order valence-electron chi connectivity index (χ4n) is 2.28. The Balaban J connectivity index is 2.32. The maximum atomic E-state index is 13.6. The summed E-state index contributed by atoms with van der Waals surface area (Å²) in [7, 11) is 0. The van der Waals surface area contributed by atoms with Crippen molar-refractivity contribution in [3.05, 3.63) is 34.6 Å². The second-order valence-corrected chi connectivity index (χ2v) is 6.08. The molecule has 0 aliphatic carbocycles. The molecule has 0 spiro atoms. The molecule has 1 aromatic carbocycles. The normalized spacial score (nSPS) is 12.6. The standard InChI is InChI=1S/C16H23ClFNO2/c1-11(2)9-12(16(20)21)10-19-8-4-5-13-14(17)6-3-7-15(13)18/h3,6-7,11-12,19H,4-5,8-10H2,1-2H3,(H,20,21). The van der Waals surface area contributed by atoms with Crippen LogP contribution >= 0.6 is 11.6 Å². The highest BCUT2D eigenvalue weighted by Crippen LogP contribution is 2.20. The van der Waals surface area contributed by atoms with E-state index < -0.39 is 5.97 Å². The third kappa shape index (κ3) is 6.44. The van der Waals surface area contributed by atoms with Crippen LogP contribution in [0.1, 0.15) is 32.3 Å². The van der Waals surface area contributed by atoms with Gasteiger partial charge in [-0.15, -0.1) is 0 Å². The van der Waals surface area contributed by atoms with Gasteiger partial charge in [-0.2, -0.15) is 0 Å². The van der Waals surface area contributed by atoms with Gasteiger partial charge in [-0.05, 0) is 43.9 Å². The third-order valence-electron chi connectivity index (χ3n) is 3.34. The van der Waals surface area contributed by atoms with Crippen molar-refractivity contribution in [1.29, 1.82) is 0 Å². The molecule has 0 bridgehead atoms. The Morgan fingerprint density at radius 1 is 1.43 bits per heavy atom.